The van der Waals surface area contributed by atoms with Crippen LogP contribution < -0.4 is 10.6 Å². The molecular formula is C13H22N4O3S2. The van der Waals surface area contributed by atoms with Gasteiger partial charge >= 0.3 is 0 Å². The maximum absolute atomic E-state index is 12.2. The third-order valence-corrected chi connectivity index (χ3v) is 6.42. The highest BCUT2D eigenvalue weighted by Crippen LogP contribution is 2.23. The molecule has 0 atom stereocenters. The second-order valence-corrected chi connectivity index (χ2v) is 8.29. The van der Waals surface area contributed by atoms with Crippen molar-refractivity contribution in [3.05, 3.63) is 16.3 Å². The monoisotopic (exact) mass is 346 g/mol. The van der Waals surface area contributed by atoms with Crippen LogP contribution in [0.2, 0.25) is 0 Å². The minimum Gasteiger partial charge on any atom is -0.350 e. The molecular weight excluding hydrogens is 324 g/mol. The number of thiophene rings is 1. The van der Waals surface area contributed by atoms with Crippen LogP contribution >= 0.6 is 11.3 Å². The maximum atomic E-state index is 12.2. The van der Waals surface area contributed by atoms with Crippen LogP contribution in [0.5, 0.6) is 0 Å². The van der Waals surface area contributed by atoms with E-state index in [1.807, 2.05) is 0 Å². The smallest absolute Gasteiger partial charge is 0.262 e. The van der Waals surface area contributed by atoms with Crippen molar-refractivity contribution >= 4 is 27.3 Å². The van der Waals surface area contributed by atoms with Gasteiger partial charge in [0, 0.05) is 53.4 Å². The van der Waals surface area contributed by atoms with Crippen molar-refractivity contribution < 1.29 is 13.2 Å². The molecule has 1 fully saturated rings. The average molecular weight is 346 g/mol. The lowest BCUT2D eigenvalue weighted by molar-refractivity contribution is 0.0948. The summed E-state index contributed by atoms with van der Waals surface area (Å²) in [7, 11) is -0.676. The summed E-state index contributed by atoms with van der Waals surface area (Å²) in [5.74, 6) is -0.328. The number of hydrogen-bond donors (Lipinski definition) is 2. The third kappa shape index (κ3) is 4.05. The Balaban J connectivity index is 1.94. The Kier molecular flexibility index (Phi) is 5.93. The summed E-state index contributed by atoms with van der Waals surface area (Å²) >= 11 is 1.15. The first-order chi connectivity index (χ1) is 10.4. The summed E-state index contributed by atoms with van der Waals surface area (Å²) in [6.07, 6.45) is 0. The van der Waals surface area contributed by atoms with Gasteiger partial charge in [-0.1, -0.05) is 0 Å². The number of sulfonamides is 1. The summed E-state index contributed by atoms with van der Waals surface area (Å²) in [5, 5.41) is 7.71. The standard InChI is InChI=1S/C13H22N4O3S2/c1-16(2)22(19,20)11-3-10-21-12(11)13(18)15-6-9-17-7-4-14-5-8-17/h3,10,14H,4-9H2,1-2H3,(H,15,18). The average Bonchev–Trinajstić information content (AvgIpc) is 2.98. The van der Waals surface area contributed by atoms with Gasteiger partial charge in [0.1, 0.15) is 9.77 Å². The highest BCUT2D eigenvalue weighted by atomic mass is 32.2. The van der Waals surface area contributed by atoms with E-state index in [-0.39, 0.29) is 15.7 Å². The second kappa shape index (κ2) is 7.51. The number of carbonyl (C=O) groups excluding carboxylic acids is 1. The Hall–Kier alpha value is -1.00. The normalized spacial score (nSPS) is 16.9. The highest BCUT2D eigenvalue weighted by molar-refractivity contribution is 7.89. The first-order valence-corrected chi connectivity index (χ1v) is 9.46. The van der Waals surface area contributed by atoms with E-state index in [0.717, 1.165) is 48.4 Å². The van der Waals surface area contributed by atoms with Crippen molar-refractivity contribution in [3.63, 3.8) is 0 Å². The van der Waals surface area contributed by atoms with Crippen molar-refractivity contribution in [2.75, 3.05) is 53.4 Å². The Bertz CT molecular complexity index is 607. The Morgan fingerprint density at radius 2 is 2.09 bits per heavy atom. The molecule has 2 rings (SSSR count). The Morgan fingerprint density at radius 1 is 1.41 bits per heavy atom. The maximum Gasteiger partial charge on any atom is 0.262 e. The molecule has 1 aliphatic heterocycles. The molecule has 0 saturated carbocycles. The number of piperazine rings is 1. The summed E-state index contributed by atoms with van der Waals surface area (Å²) in [5.41, 5.74) is 0. The number of nitrogens with zero attached hydrogens (tertiary/aromatic N) is 2. The lowest BCUT2D eigenvalue weighted by Crippen LogP contribution is -2.46. The third-order valence-electron chi connectivity index (χ3n) is 3.52. The minimum atomic E-state index is -3.59. The molecule has 0 bridgehead atoms. The molecule has 2 heterocycles. The van der Waals surface area contributed by atoms with Crippen LogP contribution in [-0.2, 0) is 10.0 Å². The first-order valence-electron chi connectivity index (χ1n) is 7.14. The number of carbonyl (C=O) groups is 1. The van der Waals surface area contributed by atoms with Gasteiger partial charge < -0.3 is 10.6 Å². The van der Waals surface area contributed by atoms with E-state index in [9.17, 15) is 13.2 Å². The van der Waals surface area contributed by atoms with Crippen LogP contribution in [0.15, 0.2) is 16.3 Å². The van der Waals surface area contributed by atoms with Crippen LogP contribution in [0.1, 0.15) is 9.67 Å². The van der Waals surface area contributed by atoms with E-state index in [4.69, 9.17) is 0 Å². The molecule has 1 amide bonds. The number of rotatable bonds is 6. The van der Waals surface area contributed by atoms with Gasteiger partial charge in [-0.2, -0.15) is 0 Å². The van der Waals surface area contributed by atoms with E-state index in [1.54, 1.807) is 5.38 Å². The highest BCUT2D eigenvalue weighted by Gasteiger charge is 2.25. The second-order valence-electron chi connectivity index (χ2n) is 5.25. The minimum absolute atomic E-state index is 0.0715. The fourth-order valence-electron chi connectivity index (χ4n) is 2.21. The van der Waals surface area contributed by atoms with Gasteiger partial charge in [0.05, 0.1) is 0 Å². The quantitative estimate of drug-likeness (QED) is 0.735. The number of amides is 1. The molecule has 124 valence electrons. The summed E-state index contributed by atoms with van der Waals surface area (Å²) in [4.78, 5) is 14.8. The Morgan fingerprint density at radius 3 is 2.73 bits per heavy atom. The van der Waals surface area contributed by atoms with Crippen LogP contribution in [0.4, 0.5) is 0 Å². The lowest BCUT2D eigenvalue weighted by Gasteiger charge is -2.27. The summed E-state index contributed by atoms with van der Waals surface area (Å²) in [6, 6.07) is 1.48. The van der Waals surface area contributed by atoms with E-state index in [2.05, 4.69) is 15.5 Å². The topological polar surface area (TPSA) is 81.8 Å². The predicted octanol–water partition coefficient (Wildman–Crippen LogP) is -0.367. The van der Waals surface area contributed by atoms with Crippen LogP contribution in [0.3, 0.4) is 0 Å². The van der Waals surface area contributed by atoms with Gasteiger partial charge in [-0.05, 0) is 11.4 Å². The van der Waals surface area contributed by atoms with Crippen molar-refractivity contribution in [2.45, 2.75) is 4.90 Å². The molecule has 2 N–H and O–H groups in total. The van der Waals surface area contributed by atoms with Crippen LogP contribution in [0.25, 0.3) is 0 Å². The van der Waals surface area contributed by atoms with Crippen molar-refractivity contribution in [2.24, 2.45) is 0 Å². The SMILES string of the molecule is CN(C)S(=O)(=O)c1ccsc1C(=O)NCCN1CCNCC1. The summed E-state index contributed by atoms with van der Waals surface area (Å²) in [6.45, 7) is 5.14. The Labute approximate surface area is 135 Å². The zero-order chi connectivity index (χ0) is 16.2. The summed E-state index contributed by atoms with van der Waals surface area (Å²) < 4.78 is 25.5. The lowest BCUT2D eigenvalue weighted by atomic mass is 10.3. The van der Waals surface area contributed by atoms with Crippen molar-refractivity contribution in [1.82, 2.24) is 19.8 Å². The van der Waals surface area contributed by atoms with Gasteiger partial charge in [0.2, 0.25) is 10.0 Å². The molecule has 7 nitrogen and oxygen atoms in total. The van der Waals surface area contributed by atoms with Gasteiger partial charge in [-0.25, -0.2) is 12.7 Å². The predicted molar refractivity (Wildman–Crippen MR) is 86.8 cm³/mol. The van der Waals surface area contributed by atoms with E-state index in [0.29, 0.717) is 6.54 Å². The molecule has 9 heteroatoms. The first kappa shape index (κ1) is 17.4. The fraction of sp³-hybridized carbons (Fsp3) is 0.615. The molecule has 0 aromatic carbocycles. The molecule has 0 unspecified atom stereocenters. The number of hydrogen-bond acceptors (Lipinski definition) is 6. The van der Waals surface area contributed by atoms with Gasteiger partial charge in [-0.15, -0.1) is 11.3 Å². The zero-order valence-corrected chi connectivity index (χ0v) is 14.5. The fourth-order valence-corrected chi connectivity index (χ4v) is 4.42. The molecule has 1 saturated heterocycles. The molecule has 1 aliphatic rings. The van der Waals surface area contributed by atoms with E-state index < -0.39 is 10.0 Å². The van der Waals surface area contributed by atoms with Crippen LogP contribution in [0, 0.1) is 0 Å². The molecule has 22 heavy (non-hydrogen) atoms. The van der Waals surface area contributed by atoms with E-state index >= 15 is 0 Å². The van der Waals surface area contributed by atoms with E-state index in [1.165, 1.54) is 20.2 Å². The molecule has 1 aromatic heterocycles. The van der Waals surface area contributed by atoms with Gasteiger partial charge in [-0.3, -0.25) is 9.69 Å². The van der Waals surface area contributed by atoms with Gasteiger partial charge in [0.25, 0.3) is 5.91 Å². The van der Waals surface area contributed by atoms with Gasteiger partial charge in [0.15, 0.2) is 0 Å². The molecule has 0 aliphatic carbocycles. The number of nitrogens with one attached hydrogen (secondary N) is 2. The zero-order valence-electron chi connectivity index (χ0n) is 12.8. The largest absolute Gasteiger partial charge is 0.350 e. The molecule has 0 spiro atoms. The van der Waals surface area contributed by atoms with Crippen molar-refractivity contribution in [3.8, 4) is 0 Å². The van der Waals surface area contributed by atoms with Crippen molar-refractivity contribution in [1.29, 1.82) is 0 Å². The molecule has 1 aromatic rings. The van der Waals surface area contributed by atoms with Crippen LogP contribution in [-0.4, -0.2) is 76.9 Å². The molecule has 0 radical (unpaired) electrons.